The van der Waals surface area contributed by atoms with Crippen molar-refractivity contribution in [1.29, 1.82) is 0 Å². The summed E-state index contributed by atoms with van der Waals surface area (Å²) in [4.78, 5) is 26.0. The normalized spacial score (nSPS) is 18.2. The van der Waals surface area contributed by atoms with E-state index in [-0.39, 0.29) is 11.8 Å². The number of hydrogen-bond acceptors (Lipinski definition) is 4. The van der Waals surface area contributed by atoms with Gasteiger partial charge in [-0.2, -0.15) is 0 Å². The number of benzene rings is 1. The molecule has 0 bridgehead atoms. The molecular weight excluding hydrogens is 260 g/mol. The van der Waals surface area contributed by atoms with Gasteiger partial charge in [-0.05, 0) is 12.5 Å². The number of nitrogens with one attached hydrogen (secondary N) is 1. The van der Waals surface area contributed by atoms with Crippen LogP contribution in [0.2, 0.25) is 0 Å². The molecule has 1 aromatic carbocycles. The van der Waals surface area contributed by atoms with Crippen LogP contribution in [0.15, 0.2) is 12.1 Å². The van der Waals surface area contributed by atoms with E-state index in [0.717, 1.165) is 0 Å². The number of nitrogens with zero attached hydrogens (tertiary/aromatic N) is 1. The van der Waals surface area contributed by atoms with Crippen molar-refractivity contribution in [2.24, 2.45) is 0 Å². The lowest BCUT2D eigenvalue weighted by atomic mass is 10.1. The van der Waals surface area contributed by atoms with Crippen LogP contribution < -0.4 is 14.8 Å². The van der Waals surface area contributed by atoms with Crippen LogP contribution in [0.1, 0.15) is 23.7 Å². The van der Waals surface area contributed by atoms with Crippen molar-refractivity contribution in [3.63, 3.8) is 0 Å². The second-order valence-corrected chi connectivity index (χ2v) is 4.58. The van der Waals surface area contributed by atoms with Crippen LogP contribution in [0.4, 0.5) is 5.69 Å². The first-order chi connectivity index (χ1) is 9.53. The van der Waals surface area contributed by atoms with Crippen molar-refractivity contribution in [3.8, 4) is 11.5 Å². The van der Waals surface area contributed by atoms with Gasteiger partial charge in [0.05, 0.1) is 25.5 Å². The summed E-state index contributed by atoms with van der Waals surface area (Å²) in [6, 6.07) is 2.72. The average molecular weight is 278 g/mol. The van der Waals surface area contributed by atoms with Crippen LogP contribution in [0.3, 0.4) is 0 Å². The summed E-state index contributed by atoms with van der Waals surface area (Å²) >= 11 is 0. The number of hydrogen-bond donors (Lipinski definition) is 1. The number of carbonyl (C=O) groups excluding carboxylic acids is 2. The van der Waals surface area contributed by atoms with Gasteiger partial charge in [-0.3, -0.25) is 9.59 Å². The van der Waals surface area contributed by atoms with Crippen molar-refractivity contribution in [1.82, 2.24) is 4.90 Å². The molecule has 2 rings (SSSR count). The highest BCUT2D eigenvalue weighted by molar-refractivity contribution is 6.10. The zero-order chi connectivity index (χ0) is 14.9. The Morgan fingerprint density at radius 1 is 1.20 bits per heavy atom. The first-order valence-corrected chi connectivity index (χ1v) is 6.37. The fourth-order valence-electron chi connectivity index (χ4n) is 2.34. The van der Waals surface area contributed by atoms with Crippen LogP contribution in [-0.4, -0.2) is 44.0 Å². The monoisotopic (exact) mass is 278 g/mol. The summed E-state index contributed by atoms with van der Waals surface area (Å²) in [7, 11) is 4.63. The second-order valence-electron chi connectivity index (χ2n) is 4.58. The number of ether oxygens (including phenoxy) is 2. The van der Waals surface area contributed by atoms with Crippen LogP contribution in [-0.2, 0) is 4.79 Å². The predicted octanol–water partition coefficient (Wildman–Crippen LogP) is 1.51. The highest BCUT2D eigenvalue weighted by Crippen LogP contribution is 2.35. The maximum atomic E-state index is 12.5. The molecule has 1 heterocycles. The van der Waals surface area contributed by atoms with Crippen molar-refractivity contribution >= 4 is 17.5 Å². The molecule has 20 heavy (non-hydrogen) atoms. The predicted molar refractivity (Wildman–Crippen MR) is 74.3 cm³/mol. The zero-order valence-corrected chi connectivity index (χ0v) is 12.0. The van der Waals surface area contributed by atoms with Crippen molar-refractivity contribution in [2.45, 2.75) is 19.4 Å². The molecule has 1 N–H and O–H groups in total. The van der Waals surface area contributed by atoms with Gasteiger partial charge in [0.15, 0.2) is 11.5 Å². The van der Waals surface area contributed by atoms with Crippen LogP contribution in [0, 0.1) is 0 Å². The summed E-state index contributed by atoms with van der Waals surface area (Å²) in [6.45, 7) is 1.87. The van der Waals surface area contributed by atoms with Crippen molar-refractivity contribution < 1.29 is 19.1 Å². The lowest BCUT2D eigenvalue weighted by Gasteiger charge is -2.22. The Hall–Kier alpha value is -2.24. The maximum absolute atomic E-state index is 12.5. The van der Waals surface area contributed by atoms with Crippen LogP contribution in [0.25, 0.3) is 0 Å². The minimum Gasteiger partial charge on any atom is -0.493 e. The topological polar surface area (TPSA) is 67.9 Å². The summed E-state index contributed by atoms with van der Waals surface area (Å²) in [5, 5.41) is 2.77. The molecule has 6 heteroatoms. The van der Waals surface area contributed by atoms with Crippen LogP contribution >= 0.6 is 0 Å². The molecule has 2 amide bonds. The molecule has 0 saturated heterocycles. The molecule has 0 unspecified atom stereocenters. The van der Waals surface area contributed by atoms with Gasteiger partial charge in [-0.15, -0.1) is 0 Å². The van der Waals surface area contributed by atoms with E-state index < -0.39 is 6.04 Å². The van der Waals surface area contributed by atoms with Gasteiger partial charge >= 0.3 is 0 Å². The number of anilines is 1. The van der Waals surface area contributed by atoms with Gasteiger partial charge < -0.3 is 19.7 Å². The molecule has 0 aromatic heterocycles. The molecule has 0 radical (unpaired) electrons. The number of amides is 2. The molecular formula is C14H18N2O4. The number of methoxy groups -OCH3 is 2. The maximum Gasteiger partial charge on any atom is 0.256 e. The third kappa shape index (κ3) is 2.17. The highest BCUT2D eigenvalue weighted by atomic mass is 16.5. The lowest BCUT2D eigenvalue weighted by Crippen LogP contribution is -2.42. The molecule has 0 aliphatic carbocycles. The average Bonchev–Trinajstić information content (AvgIpc) is 2.53. The Bertz CT molecular complexity index is 556. The largest absolute Gasteiger partial charge is 0.493 e. The van der Waals surface area contributed by atoms with Gasteiger partial charge in [0.25, 0.3) is 5.91 Å². The van der Waals surface area contributed by atoms with Crippen molar-refractivity contribution in [2.75, 3.05) is 26.6 Å². The van der Waals surface area contributed by atoms with E-state index in [2.05, 4.69) is 5.32 Å². The quantitative estimate of drug-likeness (QED) is 0.910. The Morgan fingerprint density at radius 3 is 2.35 bits per heavy atom. The van der Waals surface area contributed by atoms with E-state index in [0.29, 0.717) is 29.2 Å². The Kier molecular flexibility index (Phi) is 3.83. The number of likely N-dealkylation sites (N-methyl/N-ethyl adjacent to an activating group) is 1. The number of fused-ring (bicyclic) bond motifs is 1. The standard InChI is InChI=1S/C14H18N2O4/c1-5-10-13(17)15-9-7-12(20-4)11(19-3)6-8(9)14(18)16(10)2/h6-7,10H,5H2,1-4H3,(H,15,17)/t10-/m0/s1. The Balaban J connectivity index is 2.57. The van der Waals surface area contributed by atoms with Gasteiger partial charge in [0.1, 0.15) is 6.04 Å². The second kappa shape index (κ2) is 5.40. The number of carbonyl (C=O) groups is 2. The highest BCUT2D eigenvalue weighted by Gasteiger charge is 2.32. The molecule has 1 aliphatic heterocycles. The van der Waals surface area contributed by atoms with E-state index in [1.54, 1.807) is 19.2 Å². The summed E-state index contributed by atoms with van der Waals surface area (Å²) in [5.74, 6) is 0.509. The van der Waals surface area contributed by atoms with Gasteiger partial charge in [0.2, 0.25) is 5.91 Å². The smallest absolute Gasteiger partial charge is 0.256 e. The molecule has 1 atom stereocenters. The molecule has 0 saturated carbocycles. The molecule has 1 aliphatic rings. The molecule has 1 aromatic rings. The lowest BCUT2D eigenvalue weighted by molar-refractivity contribution is -0.120. The van der Waals surface area contributed by atoms with E-state index in [1.165, 1.54) is 19.1 Å². The van der Waals surface area contributed by atoms with Crippen molar-refractivity contribution in [3.05, 3.63) is 17.7 Å². The molecule has 6 nitrogen and oxygen atoms in total. The minimum atomic E-state index is -0.480. The van der Waals surface area contributed by atoms with E-state index >= 15 is 0 Å². The Labute approximate surface area is 117 Å². The van der Waals surface area contributed by atoms with E-state index in [4.69, 9.17) is 9.47 Å². The molecule has 108 valence electrons. The summed E-state index contributed by atoms with van der Waals surface area (Å²) in [5.41, 5.74) is 0.843. The summed E-state index contributed by atoms with van der Waals surface area (Å²) < 4.78 is 10.4. The fourth-order valence-corrected chi connectivity index (χ4v) is 2.34. The van der Waals surface area contributed by atoms with Crippen LogP contribution in [0.5, 0.6) is 11.5 Å². The van der Waals surface area contributed by atoms with Gasteiger partial charge in [0, 0.05) is 13.1 Å². The minimum absolute atomic E-state index is 0.200. The first-order valence-electron chi connectivity index (χ1n) is 6.37. The third-order valence-corrected chi connectivity index (χ3v) is 3.49. The number of rotatable bonds is 3. The SMILES string of the molecule is CC[C@H]1C(=O)Nc2cc(OC)c(OC)cc2C(=O)N1C. The van der Waals surface area contributed by atoms with E-state index in [1.807, 2.05) is 6.92 Å². The molecule has 0 fully saturated rings. The van der Waals surface area contributed by atoms with Gasteiger partial charge in [-0.1, -0.05) is 6.92 Å². The summed E-state index contributed by atoms with van der Waals surface area (Å²) in [6.07, 6.45) is 0.552. The van der Waals surface area contributed by atoms with E-state index in [9.17, 15) is 9.59 Å². The van der Waals surface area contributed by atoms with Gasteiger partial charge in [-0.25, -0.2) is 0 Å². The first kappa shape index (κ1) is 14.2. The fraction of sp³-hybridized carbons (Fsp3) is 0.429. The molecule has 0 spiro atoms. The zero-order valence-electron chi connectivity index (χ0n) is 12.0. The Morgan fingerprint density at radius 2 is 1.80 bits per heavy atom. The third-order valence-electron chi connectivity index (χ3n) is 3.49.